The molecule has 17 heavy (non-hydrogen) atoms. The van der Waals surface area contributed by atoms with Crippen molar-refractivity contribution in [1.82, 2.24) is 10.2 Å². The first kappa shape index (κ1) is 11.5. The molecule has 2 aromatic rings. The molecule has 0 radical (unpaired) electrons. The van der Waals surface area contributed by atoms with Crippen LogP contribution in [0.15, 0.2) is 22.6 Å². The minimum atomic E-state index is -0.487. The van der Waals surface area contributed by atoms with Gasteiger partial charge in [-0.05, 0) is 18.6 Å². The zero-order chi connectivity index (χ0) is 12.4. The minimum absolute atomic E-state index is 0.0691. The van der Waals surface area contributed by atoms with E-state index in [0.29, 0.717) is 5.56 Å². The second-order valence-corrected chi connectivity index (χ2v) is 3.68. The van der Waals surface area contributed by atoms with Crippen molar-refractivity contribution in [2.24, 2.45) is 0 Å². The van der Waals surface area contributed by atoms with Gasteiger partial charge in [-0.1, -0.05) is 6.07 Å². The maximum absolute atomic E-state index is 10.9. The molecule has 0 aliphatic carbocycles. The van der Waals surface area contributed by atoms with E-state index in [1.54, 1.807) is 12.1 Å². The van der Waals surface area contributed by atoms with Gasteiger partial charge in [0.25, 0.3) is 11.6 Å². The van der Waals surface area contributed by atoms with Crippen molar-refractivity contribution >= 4 is 17.3 Å². The molecule has 0 saturated carbocycles. The largest absolute Gasteiger partial charge is 0.419 e. The van der Waals surface area contributed by atoms with Crippen molar-refractivity contribution in [1.29, 1.82) is 0 Å². The van der Waals surface area contributed by atoms with Crippen LogP contribution in [-0.2, 0) is 5.88 Å². The second-order valence-electron chi connectivity index (χ2n) is 3.41. The average Bonchev–Trinajstić information content (AvgIpc) is 2.76. The van der Waals surface area contributed by atoms with Crippen molar-refractivity contribution in [2.75, 3.05) is 0 Å². The SMILES string of the molecule is Cc1ccc([N+](=O)[O-])c(-c2nnc(CCl)o2)c1. The summed E-state index contributed by atoms with van der Waals surface area (Å²) in [7, 11) is 0. The molecule has 7 heteroatoms. The Hall–Kier alpha value is -1.95. The normalized spacial score (nSPS) is 10.5. The van der Waals surface area contributed by atoms with Crippen LogP contribution in [0.2, 0.25) is 0 Å². The maximum Gasteiger partial charge on any atom is 0.282 e. The number of aryl methyl sites for hydroxylation is 1. The van der Waals surface area contributed by atoms with Crippen LogP contribution >= 0.6 is 11.6 Å². The molecule has 0 saturated heterocycles. The third-order valence-corrected chi connectivity index (χ3v) is 2.39. The van der Waals surface area contributed by atoms with Crippen molar-refractivity contribution in [3.05, 3.63) is 39.8 Å². The van der Waals surface area contributed by atoms with Crippen LogP contribution in [-0.4, -0.2) is 15.1 Å². The fourth-order valence-corrected chi connectivity index (χ4v) is 1.50. The van der Waals surface area contributed by atoms with Gasteiger partial charge in [-0.3, -0.25) is 10.1 Å². The van der Waals surface area contributed by atoms with Gasteiger partial charge in [0.05, 0.1) is 4.92 Å². The lowest BCUT2D eigenvalue weighted by Gasteiger charge is -1.99. The highest BCUT2D eigenvalue weighted by molar-refractivity contribution is 6.16. The zero-order valence-electron chi connectivity index (χ0n) is 8.88. The first-order chi connectivity index (χ1) is 8.11. The lowest BCUT2D eigenvalue weighted by molar-refractivity contribution is -0.384. The van der Waals surface area contributed by atoms with E-state index in [2.05, 4.69) is 10.2 Å². The van der Waals surface area contributed by atoms with Gasteiger partial charge < -0.3 is 4.42 Å². The van der Waals surface area contributed by atoms with Crippen LogP contribution in [0.4, 0.5) is 5.69 Å². The number of nitrogens with zero attached hydrogens (tertiary/aromatic N) is 3. The number of rotatable bonds is 3. The molecule has 0 aliphatic heterocycles. The number of benzene rings is 1. The molecule has 88 valence electrons. The Morgan fingerprint density at radius 3 is 2.82 bits per heavy atom. The molecular weight excluding hydrogens is 246 g/mol. The highest BCUT2D eigenvalue weighted by atomic mass is 35.5. The van der Waals surface area contributed by atoms with Crippen molar-refractivity contribution in [3.8, 4) is 11.5 Å². The first-order valence-electron chi connectivity index (χ1n) is 4.75. The Morgan fingerprint density at radius 2 is 2.24 bits per heavy atom. The predicted molar refractivity (Wildman–Crippen MR) is 60.7 cm³/mol. The lowest BCUT2D eigenvalue weighted by Crippen LogP contribution is -1.92. The fraction of sp³-hybridized carbons (Fsp3) is 0.200. The van der Waals surface area contributed by atoms with E-state index < -0.39 is 4.92 Å². The van der Waals surface area contributed by atoms with E-state index in [1.165, 1.54) is 6.07 Å². The summed E-state index contributed by atoms with van der Waals surface area (Å²) >= 11 is 5.53. The van der Waals surface area contributed by atoms with E-state index in [-0.39, 0.29) is 23.3 Å². The van der Waals surface area contributed by atoms with E-state index in [1.807, 2.05) is 6.92 Å². The smallest absolute Gasteiger partial charge is 0.282 e. The van der Waals surface area contributed by atoms with Gasteiger partial charge in [-0.2, -0.15) is 0 Å². The molecule has 0 atom stereocenters. The summed E-state index contributed by atoms with van der Waals surface area (Å²) < 4.78 is 5.21. The zero-order valence-corrected chi connectivity index (χ0v) is 9.64. The summed E-state index contributed by atoms with van der Waals surface area (Å²) in [6.45, 7) is 1.83. The van der Waals surface area contributed by atoms with E-state index in [9.17, 15) is 10.1 Å². The molecule has 1 heterocycles. The van der Waals surface area contributed by atoms with Crippen LogP contribution in [0.5, 0.6) is 0 Å². The van der Waals surface area contributed by atoms with Gasteiger partial charge in [0.15, 0.2) is 0 Å². The molecule has 0 fully saturated rings. The van der Waals surface area contributed by atoms with Crippen LogP contribution < -0.4 is 0 Å². The number of alkyl halides is 1. The van der Waals surface area contributed by atoms with Crippen LogP contribution in [0.25, 0.3) is 11.5 Å². The van der Waals surface area contributed by atoms with Crippen LogP contribution in [0, 0.1) is 17.0 Å². The molecule has 0 bridgehead atoms. The van der Waals surface area contributed by atoms with Crippen molar-refractivity contribution in [3.63, 3.8) is 0 Å². The summed E-state index contributed by atoms with van der Waals surface area (Å²) in [5.74, 6) is 0.417. The Labute approximate surface area is 101 Å². The van der Waals surface area contributed by atoms with E-state index in [4.69, 9.17) is 16.0 Å². The van der Waals surface area contributed by atoms with E-state index in [0.717, 1.165) is 5.56 Å². The maximum atomic E-state index is 10.9. The lowest BCUT2D eigenvalue weighted by atomic mass is 10.1. The van der Waals surface area contributed by atoms with Gasteiger partial charge in [0.1, 0.15) is 11.4 Å². The monoisotopic (exact) mass is 253 g/mol. The summed E-state index contributed by atoms with van der Waals surface area (Å²) in [6, 6.07) is 4.69. The predicted octanol–water partition coefficient (Wildman–Crippen LogP) is 2.69. The van der Waals surface area contributed by atoms with Crippen LogP contribution in [0.1, 0.15) is 11.5 Å². The number of nitro benzene ring substituents is 1. The molecule has 0 aliphatic rings. The minimum Gasteiger partial charge on any atom is -0.419 e. The van der Waals surface area contributed by atoms with Crippen molar-refractivity contribution in [2.45, 2.75) is 12.8 Å². The number of hydrogen-bond acceptors (Lipinski definition) is 5. The second kappa shape index (κ2) is 4.50. The quantitative estimate of drug-likeness (QED) is 0.477. The molecular formula is C10H8ClN3O3. The molecule has 1 aromatic heterocycles. The van der Waals surface area contributed by atoms with Gasteiger partial charge in [-0.15, -0.1) is 21.8 Å². The molecule has 0 amide bonds. The molecule has 2 rings (SSSR count). The number of hydrogen-bond donors (Lipinski definition) is 0. The Morgan fingerprint density at radius 1 is 1.47 bits per heavy atom. The summed E-state index contributed by atoms with van der Waals surface area (Å²) in [5, 5.41) is 18.3. The van der Waals surface area contributed by atoms with Crippen LogP contribution in [0.3, 0.4) is 0 Å². The average molecular weight is 254 g/mol. The van der Waals surface area contributed by atoms with Gasteiger partial charge in [-0.25, -0.2) is 0 Å². The van der Waals surface area contributed by atoms with E-state index >= 15 is 0 Å². The Kier molecular flexibility index (Phi) is 3.06. The third kappa shape index (κ3) is 2.26. The molecule has 0 N–H and O–H groups in total. The molecule has 1 aromatic carbocycles. The molecule has 0 unspecified atom stereocenters. The number of nitro groups is 1. The summed E-state index contributed by atoms with van der Waals surface area (Å²) in [5.41, 5.74) is 1.11. The first-order valence-corrected chi connectivity index (χ1v) is 5.29. The van der Waals surface area contributed by atoms with Crippen molar-refractivity contribution < 1.29 is 9.34 Å². The van der Waals surface area contributed by atoms with Gasteiger partial charge >= 0.3 is 0 Å². The Balaban J connectivity index is 2.56. The van der Waals surface area contributed by atoms with Gasteiger partial charge in [0.2, 0.25) is 5.89 Å². The molecule has 0 spiro atoms. The summed E-state index contributed by atoms with van der Waals surface area (Å²) in [6.07, 6.45) is 0. The topological polar surface area (TPSA) is 82.1 Å². The van der Waals surface area contributed by atoms with Gasteiger partial charge in [0, 0.05) is 6.07 Å². The highest BCUT2D eigenvalue weighted by Crippen LogP contribution is 2.29. The fourth-order valence-electron chi connectivity index (χ4n) is 1.40. The third-order valence-electron chi connectivity index (χ3n) is 2.16. The molecule has 6 nitrogen and oxygen atoms in total. The summed E-state index contributed by atoms with van der Waals surface area (Å²) in [4.78, 5) is 10.4. The Bertz CT molecular complexity index is 568. The number of halogens is 1. The standard InChI is InChI=1S/C10H8ClN3O3/c1-6-2-3-8(14(15)16)7(4-6)10-13-12-9(5-11)17-10/h2-4H,5H2,1H3. The number of aromatic nitrogens is 2. The highest BCUT2D eigenvalue weighted by Gasteiger charge is 2.20.